The predicted octanol–water partition coefficient (Wildman–Crippen LogP) is 10.3. The van der Waals surface area contributed by atoms with E-state index in [1.54, 1.807) is 6.20 Å². The van der Waals surface area contributed by atoms with Crippen LogP contribution in [0.5, 0.6) is 11.6 Å². The van der Waals surface area contributed by atoms with Crippen LogP contribution in [0.2, 0.25) is 0 Å². The maximum Gasteiger partial charge on any atom is 2.00 e. The van der Waals surface area contributed by atoms with E-state index in [0.717, 1.165) is 75.7 Å². The normalized spacial score (nSPS) is 14.6. The number of ether oxygens (including phenoxy) is 1. The third-order valence-corrected chi connectivity index (χ3v) is 9.97. The fraction of sp³-hybridized carbons (Fsp3) is 0.209. The first kappa shape index (κ1) is 30.8. The number of benzene rings is 4. The van der Waals surface area contributed by atoms with Crippen LogP contribution >= 0.6 is 0 Å². The van der Waals surface area contributed by atoms with Gasteiger partial charge < -0.3 is 9.15 Å². The Morgan fingerprint density at radius 1 is 0.750 bits per heavy atom. The first-order valence-electron chi connectivity index (χ1n) is 16.4. The number of rotatable bonds is 4. The standard InChI is InChI=1S/C43H34N2O2.Pt/c1-42(2,3)33-18-30(27-10-5-4-6-11-27)19-34(22-33)46-39-15-9-14-36(45-39)41-40-35-20-31-25-43(23-28-12-7-8-13-29(28)24-43)26-32(31)21-38(35)47-37(40)16-17-44-41;/h4-10,12-18,20-22H,23-26H2,1-3H3;/q-2;+2. The van der Waals surface area contributed by atoms with E-state index in [-0.39, 0.29) is 31.9 Å². The summed E-state index contributed by atoms with van der Waals surface area (Å²) in [4.78, 5) is 9.82. The molecular formula is C43H34N2O2Pt. The predicted molar refractivity (Wildman–Crippen MR) is 187 cm³/mol. The smallest absolute Gasteiger partial charge is 0.460 e. The quantitative estimate of drug-likeness (QED) is 0.166. The average molecular weight is 806 g/mol. The minimum atomic E-state index is -0.0739. The Kier molecular flexibility index (Phi) is 7.42. The Morgan fingerprint density at radius 2 is 1.50 bits per heavy atom. The van der Waals surface area contributed by atoms with E-state index < -0.39 is 0 Å². The van der Waals surface area contributed by atoms with E-state index in [2.05, 4.69) is 81.4 Å². The molecular weight excluding hydrogens is 772 g/mol. The van der Waals surface area contributed by atoms with Gasteiger partial charge in [-0.3, -0.25) is 4.98 Å². The maximum atomic E-state index is 6.47. The zero-order valence-corrected chi connectivity index (χ0v) is 29.4. The zero-order valence-electron chi connectivity index (χ0n) is 27.2. The summed E-state index contributed by atoms with van der Waals surface area (Å²) in [5, 5.41) is 2.09. The average Bonchev–Trinajstić information content (AvgIpc) is 3.73. The Balaban J connectivity index is 0.00000336. The molecule has 48 heavy (non-hydrogen) atoms. The molecule has 2 aliphatic carbocycles. The molecule has 9 rings (SSSR count). The third-order valence-electron chi connectivity index (χ3n) is 9.97. The number of hydrogen-bond acceptors (Lipinski definition) is 4. The van der Waals surface area contributed by atoms with E-state index in [0.29, 0.717) is 11.6 Å². The third kappa shape index (κ3) is 5.37. The number of aromatic nitrogens is 2. The first-order valence-corrected chi connectivity index (χ1v) is 16.4. The van der Waals surface area contributed by atoms with Crippen molar-refractivity contribution >= 4 is 21.9 Å². The first-order chi connectivity index (χ1) is 22.8. The summed E-state index contributed by atoms with van der Waals surface area (Å²) in [5.41, 5.74) is 12.4. The molecule has 0 N–H and O–H groups in total. The van der Waals surface area contributed by atoms with Crippen LogP contribution < -0.4 is 4.74 Å². The molecule has 7 aromatic rings. The van der Waals surface area contributed by atoms with Crippen LogP contribution in [0.3, 0.4) is 0 Å². The molecule has 0 fully saturated rings. The molecule has 238 valence electrons. The Morgan fingerprint density at radius 3 is 2.25 bits per heavy atom. The minimum absolute atomic E-state index is 0. The van der Waals surface area contributed by atoms with Gasteiger partial charge in [0.15, 0.2) is 0 Å². The van der Waals surface area contributed by atoms with Crippen molar-refractivity contribution in [3.63, 3.8) is 0 Å². The molecule has 0 aliphatic heterocycles. The van der Waals surface area contributed by atoms with Gasteiger partial charge in [-0.1, -0.05) is 57.2 Å². The Bertz CT molecular complexity index is 2310. The number of nitrogens with zero attached hydrogens (tertiary/aromatic N) is 2. The Hall–Kier alpha value is -4.53. The van der Waals surface area contributed by atoms with Crippen molar-refractivity contribution in [1.82, 2.24) is 9.97 Å². The van der Waals surface area contributed by atoms with Crippen molar-refractivity contribution in [2.45, 2.75) is 51.9 Å². The van der Waals surface area contributed by atoms with Gasteiger partial charge in [0, 0.05) is 23.4 Å². The molecule has 2 aliphatic rings. The fourth-order valence-corrected chi connectivity index (χ4v) is 7.72. The van der Waals surface area contributed by atoms with Crippen molar-refractivity contribution in [3.8, 4) is 34.1 Å². The van der Waals surface area contributed by atoms with Crippen molar-refractivity contribution in [3.05, 3.63) is 143 Å². The summed E-state index contributed by atoms with van der Waals surface area (Å²) in [6.45, 7) is 6.60. The molecule has 0 amide bonds. The molecule has 0 unspecified atom stereocenters. The molecule has 4 aromatic carbocycles. The van der Waals surface area contributed by atoms with Gasteiger partial charge in [-0.2, -0.15) is 30.3 Å². The number of furan rings is 1. The summed E-state index contributed by atoms with van der Waals surface area (Å²) in [6, 6.07) is 40.3. The summed E-state index contributed by atoms with van der Waals surface area (Å²) in [5.74, 6) is 1.11. The van der Waals surface area contributed by atoms with Gasteiger partial charge >= 0.3 is 21.1 Å². The van der Waals surface area contributed by atoms with Crippen LogP contribution in [0.15, 0.2) is 108 Å². The molecule has 0 saturated carbocycles. The molecule has 1 spiro atoms. The summed E-state index contributed by atoms with van der Waals surface area (Å²) < 4.78 is 12.9. The topological polar surface area (TPSA) is 48.2 Å². The van der Waals surface area contributed by atoms with Crippen LogP contribution in [0.25, 0.3) is 44.5 Å². The van der Waals surface area contributed by atoms with Crippen LogP contribution in [-0.2, 0) is 52.2 Å². The fourth-order valence-electron chi connectivity index (χ4n) is 7.72. The van der Waals surface area contributed by atoms with E-state index in [1.165, 1.54) is 22.3 Å². The van der Waals surface area contributed by atoms with Crippen LogP contribution in [0, 0.1) is 17.5 Å². The van der Waals surface area contributed by atoms with E-state index in [4.69, 9.17) is 19.1 Å². The molecule has 0 bridgehead atoms. The van der Waals surface area contributed by atoms with E-state index in [1.807, 2.05) is 48.5 Å². The van der Waals surface area contributed by atoms with E-state index >= 15 is 0 Å². The van der Waals surface area contributed by atoms with Crippen molar-refractivity contribution in [1.29, 1.82) is 0 Å². The van der Waals surface area contributed by atoms with Gasteiger partial charge in [0.05, 0.1) is 11.1 Å². The second kappa shape index (κ2) is 11.6. The molecule has 0 saturated heterocycles. The van der Waals surface area contributed by atoms with Crippen LogP contribution in [-0.4, -0.2) is 9.97 Å². The minimum Gasteiger partial charge on any atom is -0.460 e. The van der Waals surface area contributed by atoms with Crippen molar-refractivity contribution < 1.29 is 30.2 Å². The van der Waals surface area contributed by atoms with Crippen molar-refractivity contribution in [2.75, 3.05) is 0 Å². The second-order valence-electron chi connectivity index (χ2n) is 14.4. The molecule has 0 radical (unpaired) electrons. The number of pyridine rings is 2. The monoisotopic (exact) mass is 805 g/mol. The van der Waals surface area contributed by atoms with Crippen LogP contribution in [0.4, 0.5) is 0 Å². The molecule has 0 atom stereocenters. The van der Waals surface area contributed by atoms with E-state index in [9.17, 15) is 0 Å². The van der Waals surface area contributed by atoms with Gasteiger partial charge in [-0.05, 0) is 83.0 Å². The zero-order chi connectivity index (χ0) is 31.8. The summed E-state index contributed by atoms with van der Waals surface area (Å²) in [7, 11) is 0. The second-order valence-corrected chi connectivity index (χ2v) is 14.4. The number of hydrogen-bond donors (Lipinski definition) is 0. The molecule has 5 heteroatoms. The molecule has 3 aromatic heterocycles. The molecule has 4 nitrogen and oxygen atoms in total. The van der Waals surface area contributed by atoms with Crippen molar-refractivity contribution in [2.24, 2.45) is 5.41 Å². The SMILES string of the molecule is CC(C)(C)c1cc(Oc2cccc(-c3nccc4oc5cc6c(cc5c34)CC3(Cc4ccccc4C3)C6)n2)[c-]c(-c2[c-]cccc2)c1.[Pt+2]. The number of fused-ring (bicyclic) bond motifs is 5. The Labute approximate surface area is 295 Å². The maximum absolute atomic E-state index is 6.47. The van der Waals surface area contributed by atoms with Gasteiger partial charge in [-0.15, -0.1) is 17.7 Å². The largest absolute Gasteiger partial charge is 2.00 e. The molecule has 3 heterocycles. The van der Waals surface area contributed by atoms with Gasteiger partial charge in [-0.25, -0.2) is 16.1 Å². The summed E-state index contributed by atoms with van der Waals surface area (Å²) >= 11 is 0. The van der Waals surface area contributed by atoms with Gasteiger partial charge in [0.25, 0.3) is 0 Å². The van der Waals surface area contributed by atoms with Crippen LogP contribution in [0.1, 0.15) is 48.6 Å². The van der Waals surface area contributed by atoms with Gasteiger partial charge in [0.1, 0.15) is 16.9 Å². The summed E-state index contributed by atoms with van der Waals surface area (Å²) in [6.07, 6.45) is 6.27. The van der Waals surface area contributed by atoms with Gasteiger partial charge in [0.2, 0.25) is 5.88 Å².